The molecule has 0 aliphatic rings. The molecular weight excluding hydrogens is 166 g/mol. The van der Waals surface area contributed by atoms with Crippen molar-refractivity contribution >= 4 is 0 Å². The fourth-order valence-corrected chi connectivity index (χ4v) is 1.09. The van der Waals surface area contributed by atoms with Crippen molar-refractivity contribution in [3.8, 4) is 0 Å². The van der Waals surface area contributed by atoms with Gasteiger partial charge in [-0.2, -0.15) is 15.4 Å². The van der Waals surface area contributed by atoms with Crippen LogP contribution in [0.1, 0.15) is 31.5 Å². The molecule has 0 aliphatic heterocycles. The number of nitrogens with zero attached hydrogens (tertiary/aromatic N) is 2. The maximum Gasteiger partial charge on any atom is 0.101 e. The van der Waals surface area contributed by atoms with Crippen molar-refractivity contribution in [1.29, 1.82) is 0 Å². The van der Waals surface area contributed by atoms with Crippen LogP contribution in [0.5, 0.6) is 0 Å². The van der Waals surface area contributed by atoms with Crippen molar-refractivity contribution in [2.75, 3.05) is 0 Å². The van der Waals surface area contributed by atoms with Crippen LogP contribution in [0.25, 0.3) is 0 Å². The molecule has 0 radical (unpaired) electrons. The van der Waals surface area contributed by atoms with E-state index in [0.29, 0.717) is 0 Å². The topological polar surface area (TPSA) is 79.6 Å². The van der Waals surface area contributed by atoms with Gasteiger partial charge in [-0.3, -0.25) is 11.3 Å². The number of hydrogen-bond acceptors (Lipinski definition) is 4. The standard InChI is InChI=1S/C8H15N5/c1-6(2)3-4-7(11-9)8-5-10-13-12-8/h5,7,11H,1,3-4,9H2,2H3,(H,10,12,13). The lowest BCUT2D eigenvalue weighted by Crippen LogP contribution is -2.28. The number of rotatable bonds is 5. The van der Waals surface area contributed by atoms with E-state index in [2.05, 4.69) is 27.4 Å². The van der Waals surface area contributed by atoms with Crippen molar-refractivity contribution in [2.24, 2.45) is 5.84 Å². The predicted octanol–water partition coefficient (Wildman–Crippen LogP) is 0.665. The summed E-state index contributed by atoms with van der Waals surface area (Å²) in [5.74, 6) is 5.39. The molecule has 1 aromatic rings. The highest BCUT2D eigenvalue weighted by atomic mass is 15.3. The maximum atomic E-state index is 5.39. The van der Waals surface area contributed by atoms with Gasteiger partial charge in [0.15, 0.2) is 0 Å². The van der Waals surface area contributed by atoms with Crippen LogP contribution < -0.4 is 11.3 Å². The molecule has 1 rings (SSSR count). The van der Waals surface area contributed by atoms with Gasteiger partial charge in [-0.25, -0.2) is 0 Å². The predicted molar refractivity (Wildman–Crippen MR) is 50.5 cm³/mol. The normalized spacial score (nSPS) is 12.8. The van der Waals surface area contributed by atoms with E-state index in [1.807, 2.05) is 6.92 Å². The molecule has 0 aliphatic carbocycles. The first-order chi connectivity index (χ1) is 6.24. The fourth-order valence-electron chi connectivity index (χ4n) is 1.09. The zero-order valence-corrected chi connectivity index (χ0v) is 7.75. The molecule has 0 fully saturated rings. The Morgan fingerprint density at radius 3 is 3.08 bits per heavy atom. The number of nitrogens with two attached hydrogens (primary N) is 1. The molecule has 72 valence electrons. The number of aromatic amines is 1. The van der Waals surface area contributed by atoms with Gasteiger partial charge in [-0.1, -0.05) is 5.57 Å². The highest BCUT2D eigenvalue weighted by molar-refractivity contribution is 5.00. The summed E-state index contributed by atoms with van der Waals surface area (Å²) < 4.78 is 0. The third kappa shape index (κ3) is 2.96. The van der Waals surface area contributed by atoms with Crippen LogP contribution in [0.2, 0.25) is 0 Å². The van der Waals surface area contributed by atoms with Gasteiger partial charge in [-0.05, 0) is 19.8 Å². The first-order valence-corrected chi connectivity index (χ1v) is 4.20. The Bertz CT molecular complexity index is 254. The molecule has 0 aromatic carbocycles. The van der Waals surface area contributed by atoms with E-state index >= 15 is 0 Å². The minimum Gasteiger partial charge on any atom is -0.271 e. The van der Waals surface area contributed by atoms with Crippen molar-refractivity contribution in [3.63, 3.8) is 0 Å². The van der Waals surface area contributed by atoms with Crippen LogP contribution >= 0.6 is 0 Å². The molecule has 0 amide bonds. The molecule has 1 heterocycles. The zero-order valence-electron chi connectivity index (χ0n) is 7.75. The van der Waals surface area contributed by atoms with Gasteiger partial charge in [-0.15, -0.1) is 6.58 Å². The Morgan fingerprint density at radius 1 is 1.85 bits per heavy atom. The second-order valence-electron chi connectivity index (χ2n) is 3.11. The number of aromatic nitrogens is 3. The fraction of sp³-hybridized carbons (Fsp3) is 0.500. The molecule has 0 saturated carbocycles. The molecule has 1 unspecified atom stereocenters. The smallest absolute Gasteiger partial charge is 0.101 e. The second-order valence-corrected chi connectivity index (χ2v) is 3.11. The Labute approximate surface area is 77.4 Å². The van der Waals surface area contributed by atoms with E-state index in [4.69, 9.17) is 5.84 Å². The van der Waals surface area contributed by atoms with Crippen molar-refractivity contribution in [3.05, 3.63) is 24.0 Å². The summed E-state index contributed by atoms with van der Waals surface area (Å²) in [7, 11) is 0. The summed E-state index contributed by atoms with van der Waals surface area (Å²) in [6.07, 6.45) is 3.49. The van der Waals surface area contributed by atoms with E-state index in [9.17, 15) is 0 Å². The van der Waals surface area contributed by atoms with Gasteiger partial charge in [0, 0.05) is 0 Å². The summed E-state index contributed by atoms with van der Waals surface area (Å²) in [4.78, 5) is 0. The molecule has 1 aromatic heterocycles. The summed E-state index contributed by atoms with van der Waals surface area (Å²) in [5.41, 5.74) is 4.68. The summed E-state index contributed by atoms with van der Waals surface area (Å²) >= 11 is 0. The van der Waals surface area contributed by atoms with Gasteiger partial charge in [0.1, 0.15) is 5.69 Å². The molecule has 4 N–H and O–H groups in total. The van der Waals surface area contributed by atoms with Gasteiger partial charge < -0.3 is 0 Å². The minimum atomic E-state index is 0.0513. The second kappa shape index (κ2) is 4.74. The van der Waals surface area contributed by atoms with E-state index in [1.54, 1.807) is 6.20 Å². The van der Waals surface area contributed by atoms with Crippen LogP contribution in [-0.2, 0) is 0 Å². The van der Waals surface area contributed by atoms with Gasteiger partial charge in [0.05, 0.1) is 12.2 Å². The lowest BCUT2D eigenvalue weighted by atomic mass is 10.1. The molecule has 0 spiro atoms. The van der Waals surface area contributed by atoms with Crippen molar-refractivity contribution in [2.45, 2.75) is 25.8 Å². The average Bonchev–Trinajstić information content (AvgIpc) is 2.58. The Hall–Kier alpha value is -1.20. The first kappa shape index (κ1) is 9.88. The van der Waals surface area contributed by atoms with Crippen LogP contribution in [-0.4, -0.2) is 15.4 Å². The van der Waals surface area contributed by atoms with Gasteiger partial charge in [0.25, 0.3) is 0 Å². The lowest BCUT2D eigenvalue weighted by molar-refractivity contribution is 0.503. The Morgan fingerprint density at radius 2 is 2.62 bits per heavy atom. The molecule has 5 heteroatoms. The van der Waals surface area contributed by atoms with Gasteiger partial charge >= 0.3 is 0 Å². The van der Waals surface area contributed by atoms with Crippen molar-refractivity contribution in [1.82, 2.24) is 20.8 Å². The van der Waals surface area contributed by atoms with Gasteiger partial charge in [0.2, 0.25) is 0 Å². The van der Waals surface area contributed by atoms with E-state index in [0.717, 1.165) is 24.1 Å². The van der Waals surface area contributed by atoms with E-state index < -0.39 is 0 Å². The minimum absolute atomic E-state index is 0.0513. The number of nitrogens with one attached hydrogen (secondary N) is 2. The SMILES string of the molecule is C=C(C)CCC(NN)c1cn[nH]n1. The quantitative estimate of drug-likeness (QED) is 0.354. The third-order valence-electron chi connectivity index (χ3n) is 1.85. The molecule has 1 atom stereocenters. The summed E-state index contributed by atoms with van der Waals surface area (Å²) in [5, 5.41) is 10.2. The average molecular weight is 181 g/mol. The molecular formula is C8H15N5. The first-order valence-electron chi connectivity index (χ1n) is 4.20. The number of hydrazine groups is 1. The Kier molecular flexibility index (Phi) is 3.60. The number of H-pyrrole nitrogens is 1. The zero-order chi connectivity index (χ0) is 9.68. The van der Waals surface area contributed by atoms with Crippen LogP contribution in [0.15, 0.2) is 18.3 Å². The number of allylic oxidation sites excluding steroid dienone is 1. The lowest BCUT2D eigenvalue weighted by Gasteiger charge is -2.11. The molecule has 13 heavy (non-hydrogen) atoms. The number of hydrogen-bond donors (Lipinski definition) is 3. The summed E-state index contributed by atoms with van der Waals surface area (Å²) in [6.45, 7) is 5.83. The van der Waals surface area contributed by atoms with E-state index in [-0.39, 0.29) is 6.04 Å². The molecule has 0 bridgehead atoms. The largest absolute Gasteiger partial charge is 0.271 e. The van der Waals surface area contributed by atoms with Crippen LogP contribution in [0.4, 0.5) is 0 Å². The molecule has 0 saturated heterocycles. The highest BCUT2D eigenvalue weighted by Crippen LogP contribution is 2.16. The van der Waals surface area contributed by atoms with Crippen LogP contribution in [0.3, 0.4) is 0 Å². The monoisotopic (exact) mass is 181 g/mol. The van der Waals surface area contributed by atoms with Crippen LogP contribution in [0, 0.1) is 0 Å². The highest BCUT2D eigenvalue weighted by Gasteiger charge is 2.11. The molecule has 5 nitrogen and oxygen atoms in total. The van der Waals surface area contributed by atoms with E-state index in [1.165, 1.54) is 0 Å². The summed E-state index contributed by atoms with van der Waals surface area (Å²) in [6, 6.07) is 0.0513. The Balaban J connectivity index is 2.49. The maximum absolute atomic E-state index is 5.39. The van der Waals surface area contributed by atoms with Crippen molar-refractivity contribution < 1.29 is 0 Å². The third-order valence-corrected chi connectivity index (χ3v) is 1.85.